The molecule has 110 valence electrons. The maximum absolute atomic E-state index is 13.6. The van der Waals surface area contributed by atoms with E-state index in [0.717, 1.165) is 17.8 Å². The van der Waals surface area contributed by atoms with E-state index in [9.17, 15) is 18.7 Å². The number of carboxylic acids is 1. The predicted octanol–water partition coefficient (Wildman–Crippen LogP) is 3.97. The Morgan fingerprint density at radius 3 is 2.62 bits per heavy atom. The van der Waals surface area contributed by atoms with Crippen molar-refractivity contribution in [3.63, 3.8) is 0 Å². The number of aromatic nitrogens is 1. The maximum atomic E-state index is 13.6. The van der Waals surface area contributed by atoms with Gasteiger partial charge >= 0.3 is 5.97 Å². The fourth-order valence-corrected chi connectivity index (χ4v) is 3.08. The monoisotopic (exact) mass is 309 g/mol. The molecular formula is C15H13F2NO2S. The van der Waals surface area contributed by atoms with E-state index in [4.69, 9.17) is 0 Å². The van der Waals surface area contributed by atoms with E-state index >= 15 is 0 Å². The summed E-state index contributed by atoms with van der Waals surface area (Å²) in [6, 6.07) is 5.02. The van der Waals surface area contributed by atoms with Crippen molar-refractivity contribution >= 4 is 17.7 Å². The second-order valence-electron chi connectivity index (χ2n) is 4.59. The van der Waals surface area contributed by atoms with Crippen LogP contribution >= 0.6 is 11.8 Å². The highest BCUT2D eigenvalue weighted by Gasteiger charge is 2.16. The molecule has 1 N–H and O–H groups in total. The SMILES string of the molecule is Cc1cc(C)c(C(=O)O)c(SCc2ccc(F)cc2F)n1. The van der Waals surface area contributed by atoms with Gasteiger partial charge < -0.3 is 5.11 Å². The van der Waals surface area contributed by atoms with E-state index in [-0.39, 0.29) is 11.3 Å². The van der Waals surface area contributed by atoms with E-state index in [0.29, 0.717) is 21.8 Å². The van der Waals surface area contributed by atoms with Crippen LogP contribution in [0, 0.1) is 25.5 Å². The van der Waals surface area contributed by atoms with Crippen LogP contribution in [0.4, 0.5) is 8.78 Å². The highest BCUT2D eigenvalue weighted by Crippen LogP contribution is 2.28. The fourth-order valence-electron chi connectivity index (χ4n) is 1.95. The van der Waals surface area contributed by atoms with Crippen LogP contribution in [0.3, 0.4) is 0 Å². The van der Waals surface area contributed by atoms with Crippen molar-refractivity contribution in [2.75, 3.05) is 0 Å². The van der Waals surface area contributed by atoms with Crippen molar-refractivity contribution in [3.05, 3.63) is 58.3 Å². The zero-order valence-corrected chi connectivity index (χ0v) is 12.3. The first-order valence-corrected chi connectivity index (χ1v) is 7.15. The molecule has 1 heterocycles. The number of halogens is 2. The molecule has 2 rings (SSSR count). The van der Waals surface area contributed by atoms with E-state index in [1.807, 2.05) is 0 Å². The molecule has 0 spiro atoms. The molecule has 3 nitrogen and oxygen atoms in total. The Bertz CT molecular complexity index is 704. The lowest BCUT2D eigenvalue weighted by molar-refractivity contribution is 0.0691. The van der Waals surface area contributed by atoms with Gasteiger partial charge in [0.2, 0.25) is 0 Å². The number of carboxylic acid groups (broad SMARTS) is 1. The summed E-state index contributed by atoms with van der Waals surface area (Å²) in [5.41, 5.74) is 1.73. The van der Waals surface area contributed by atoms with Crippen LogP contribution in [0.15, 0.2) is 29.3 Å². The third-order valence-corrected chi connectivity index (χ3v) is 3.93. The van der Waals surface area contributed by atoms with Crippen molar-refractivity contribution in [2.24, 2.45) is 0 Å². The Morgan fingerprint density at radius 1 is 1.29 bits per heavy atom. The number of hydrogen-bond donors (Lipinski definition) is 1. The lowest BCUT2D eigenvalue weighted by atomic mass is 10.1. The minimum Gasteiger partial charge on any atom is -0.478 e. The number of aryl methyl sites for hydroxylation is 2. The van der Waals surface area contributed by atoms with Gasteiger partial charge in [0.25, 0.3) is 0 Å². The number of aromatic carboxylic acids is 1. The molecule has 21 heavy (non-hydrogen) atoms. The Balaban J connectivity index is 2.29. The van der Waals surface area contributed by atoms with Crippen LogP contribution in [0.2, 0.25) is 0 Å². The van der Waals surface area contributed by atoms with Gasteiger partial charge in [0, 0.05) is 17.5 Å². The van der Waals surface area contributed by atoms with Crippen LogP contribution < -0.4 is 0 Å². The van der Waals surface area contributed by atoms with Crippen molar-refractivity contribution < 1.29 is 18.7 Å². The normalized spacial score (nSPS) is 10.7. The third-order valence-electron chi connectivity index (χ3n) is 2.90. The fraction of sp³-hybridized carbons (Fsp3) is 0.200. The number of thioether (sulfide) groups is 1. The van der Waals surface area contributed by atoms with Crippen LogP contribution in [0.5, 0.6) is 0 Å². The molecule has 0 radical (unpaired) electrons. The first kappa shape index (κ1) is 15.4. The summed E-state index contributed by atoms with van der Waals surface area (Å²) in [4.78, 5) is 15.5. The summed E-state index contributed by atoms with van der Waals surface area (Å²) in [6.45, 7) is 3.46. The molecule has 0 atom stereocenters. The van der Waals surface area contributed by atoms with Gasteiger partial charge in [0.15, 0.2) is 0 Å². The zero-order valence-electron chi connectivity index (χ0n) is 11.5. The first-order chi connectivity index (χ1) is 9.88. The lowest BCUT2D eigenvalue weighted by Gasteiger charge is -2.09. The zero-order chi connectivity index (χ0) is 15.6. The van der Waals surface area contributed by atoms with E-state index in [1.165, 1.54) is 12.1 Å². The Morgan fingerprint density at radius 2 is 2.00 bits per heavy atom. The molecule has 6 heteroatoms. The number of carbonyl (C=O) groups is 1. The number of pyridine rings is 1. The molecule has 0 aliphatic heterocycles. The highest BCUT2D eigenvalue weighted by atomic mass is 32.2. The predicted molar refractivity (Wildman–Crippen MR) is 76.6 cm³/mol. The van der Waals surface area contributed by atoms with Gasteiger partial charge in [0.05, 0.1) is 5.56 Å². The van der Waals surface area contributed by atoms with Gasteiger partial charge in [-0.05, 0) is 37.1 Å². The second-order valence-corrected chi connectivity index (χ2v) is 5.55. The van der Waals surface area contributed by atoms with Crippen molar-refractivity contribution in [1.29, 1.82) is 0 Å². The van der Waals surface area contributed by atoms with Crippen LogP contribution in [-0.4, -0.2) is 16.1 Å². The molecule has 2 aromatic rings. The van der Waals surface area contributed by atoms with Crippen LogP contribution in [0.25, 0.3) is 0 Å². The average Bonchev–Trinajstić information content (AvgIpc) is 2.36. The number of rotatable bonds is 4. The summed E-state index contributed by atoms with van der Waals surface area (Å²) in [5.74, 6) is -2.18. The minimum atomic E-state index is -1.07. The quantitative estimate of drug-likeness (QED) is 0.868. The lowest BCUT2D eigenvalue weighted by Crippen LogP contribution is -2.05. The Labute approximate surface area is 125 Å². The number of nitrogens with zero attached hydrogens (tertiary/aromatic N) is 1. The molecule has 0 saturated carbocycles. The van der Waals surface area contributed by atoms with Gasteiger partial charge in [-0.15, -0.1) is 11.8 Å². The molecule has 0 aliphatic carbocycles. The highest BCUT2D eigenvalue weighted by molar-refractivity contribution is 7.98. The van der Waals surface area contributed by atoms with Gasteiger partial charge in [-0.3, -0.25) is 0 Å². The molecule has 1 aromatic carbocycles. The number of benzene rings is 1. The molecule has 0 aliphatic rings. The minimum absolute atomic E-state index is 0.119. The standard InChI is InChI=1S/C15H13F2NO2S/c1-8-5-9(2)18-14(13(8)15(19)20)21-7-10-3-4-11(16)6-12(10)17/h3-6H,7H2,1-2H3,(H,19,20). The maximum Gasteiger partial charge on any atom is 0.338 e. The van der Waals surface area contributed by atoms with Crippen LogP contribution in [-0.2, 0) is 5.75 Å². The van der Waals surface area contributed by atoms with Gasteiger partial charge in [-0.25, -0.2) is 18.6 Å². The van der Waals surface area contributed by atoms with Crippen molar-refractivity contribution in [2.45, 2.75) is 24.6 Å². The Hall–Kier alpha value is -1.95. The molecule has 1 aromatic heterocycles. The molecule has 0 unspecified atom stereocenters. The number of hydrogen-bond acceptors (Lipinski definition) is 3. The summed E-state index contributed by atoms with van der Waals surface area (Å²) in [5, 5.41) is 9.59. The molecule has 0 fully saturated rings. The third kappa shape index (κ3) is 3.58. The summed E-state index contributed by atoms with van der Waals surface area (Å²) >= 11 is 1.12. The molecule has 0 amide bonds. The summed E-state index contributed by atoms with van der Waals surface area (Å²) in [7, 11) is 0. The molecular weight excluding hydrogens is 296 g/mol. The second kappa shape index (κ2) is 6.22. The molecule has 0 saturated heterocycles. The van der Waals surface area contributed by atoms with Crippen molar-refractivity contribution in [3.8, 4) is 0 Å². The summed E-state index contributed by atoms with van der Waals surface area (Å²) < 4.78 is 26.4. The summed E-state index contributed by atoms with van der Waals surface area (Å²) in [6.07, 6.45) is 0. The first-order valence-electron chi connectivity index (χ1n) is 6.16. The van der Waals surface area contributed by atoms with Gasteiger partial charge in [-0.2, -0.15) is 0 Å². The largest absolute Gasteiger partial charge is 0.478 e. The van der Waals surface area contributed by atoms with E-state index < -0.39 is 17.6 Å². The van der Waals surface area contributed by atoms with Crippen LogP contribution in [0.1, 0.15) is 27.2 Å². The average molecular weight is 309 g/mol. The topological polar surface area (TPSA) is 50.2 Å². The van der Waals surface area contributed by atoms with Crippen molar-refractivity contribution in [1.82, 2.24) is 4.98 Å². The van der Waals surface area contributed by atoms with E-state index in [1.54, 1.807) is 19.9 Å². The smallest absolute Gasteiger partial charge is 0.338 e. The van der Waals surface area contributed by atoms with Gasteiger partial charge in [0.1, 0.15) is 16.7 Å². The molecule has 0 bridgehead atoms. The Kier molecular flexibility index (Phi) is 4.57. The van der Waals surface area contributed by atoms with E-state index in [2.05, 4.69) is 4.98 Å². The van der Waals surface area contributed by atoms with Gasteiger partial charge in [-0.1, -0.05) is 6.07 Å².